The number of nitrogens with zero attached hydrogens (tertiary/aromatic N) is 1. The van der Waals surface area contributed by atoms with Crippen molar-refractivity contribution in [1.29, 1.82) is 0 Å². The van der Waals surface area contributed by atoms with E-state index in [-0.39, 0.29) is 0 Å². The van der Waals surface area contributed by atoms with Gasteiger partial charge in [0.1, 0.15) is 0 Å². The van der Waals surface area contributed by atoms with E-state index in [4.69, 9.17) is 12.2 Å². The summed E-state index contributed by atoms with van der Waals surface area (Å²) in [6, 6.07) is 14.8. The fourth-order valence-corrected chi connectivity index (χ4v) is 2.28. The topological polar surface area (TPSA) is 20.7 Å². The number of benzene rings is 2. The molecule has 1 N–H and O–H groups in total. The van der Waals surface area contributed by atoms with E-state index in [0.29, 0.717) is 0 Å². The molecule has 0 aliphatic carbocycles. The third kappa shape index (κ3) is 1.89. The molecule has 3 heteroatoms. The second kappa shape index (κ2) is 4.18. The Balaban J connectivity index is 2.12. The highest BCUT2D eigenvalue weighted by Crippen LogP contribution is 2.19. The molecule has 1 heterocycles. The van der Waals surface area contributed by atoms with Crippen molar-refractivity contribution in [3.05, 3.63) is 65.2 Å². The Labute approximate surface area is 105 Å². The maximum atomic E-state index is 5.21. The molecule has 0 saturated heterocycles. The van der Waals surface area contributed by atoms with Gasteiger partial charge in [0, 0.05) is 12.4 Å². The van der Waals surface area contributed by atoms with E-state index >= 15 is 0 Å². The number of hydrogen-bond acceptors (Lipinski definition) is 1. The number of fused-ring (bicyclic) bond motifs is 1. The van der Waals surface area contributed by atoms with Gasteiger partial charge in [-0.3, -0.25) is 0 Å². The number of aromatic amines is 1. The number of imidazole rings is 1. The second-order valence-corrected chi connectivity index (χ2v) is 4.42. The normalized spacial score (nSPS) is 10.8. The van der Waals surface area contributed by atoms with Crippen LogP contribution in [0.1, 0.15) is 5.56 Å². The Hall–Kier alpha value is -1.87. The monoisotopic (exact) mass is 240 g/mol. The molecule has 2 nitrogen and oxygen atoms in total. The molecule has 0 atom stereocenters. The zero-order chi connectivity index (χ0) is 11.7. The van der Waals surface area contributed by atoms with Gasteiger partial charge in [0.15, 0.2) is 4.77 Å². The molecule has 0 amide bonds. The lowest BCUT2D eigenvalue weighted by Crippen LogP contribution is -1.98. The van der Waals surface area contributed by atoms with Gasteiger partial charge in [-0.15, -0.1) is 0 Å². The molecular weight excluding hydrogens is 228 g/mol. The third-order valence-corrected chi connectivity index (χ3v) is 3.30. The largest absolute Gasteiger partial charge is 0.337 e. The highest BCUT2D eigenvalue weighted by atomic mass is 32.1. The van der Waals surface area contributed by atoms with Crippen molar-refractivity contribution in [3.63, 3.8) is 0 Å². The first-order valence-corrected chi connectivity index (χ1v) is 5.96. The molecule has 0 aliphatic heterocycles. The molecule has 0 fully saturated rings. The smallest absolute Gasteiger partial charge is 0.177 e. The molecule has 0 bridgehead atoms. The van der Waals surface area contributed by atoms with E-state index in [0.717, 1.165) is 11.3 Å². The highest BCUT2D eigenvalue weighted by molar-refractivity contribution is 7.71. The summed E-state index contributed by atoms with van der Waals surface area (Å²) in [5.74, 6) is 0. The van der Waals surface area contributed by atoms with Crippen LogP contribution in [0, 0.1) is 4.77 Å². The summed E-state index contributed by atoms with van der Waals surface area (Å²) in [4.78, 5) is 3.01. The van der Waals surface area contributed by atoms with E-state index in [2.05, 4.69) is 47.4 Å². The molecule has 2 aromatic carbocycles. The third-order valence-electron chi connectivity index (χ3n) is 2.94. The van der Waals surface area contributed by atoms with Gasteiger partial charge in [0.2, 0.25) is 0 Å². The van der Waals surface area contributed by atoms with Crippen LogP contribution in [0.4, 0.5) is 0 Å². The summed E-state index contributed by atoms with van der Waals surface area (Å²) in [7, 11) is 0. The molecule has 0 aliphatic rings. The lowest BCUT2D eigenvalue weighted by atomic mass is 10.0. The Bertz CT molecular complexity index is 704. The minimum atomic E-state index is 0.762. The molecule has 0 saturated carbocycles. The quantitative estimate of drug-likeness (QED) is 0.677. The van der Waals surface area contributed by atoms with Crippen LogP contribution in [0.15, 0.2) is 54.9 Å². The first-order valence-electron chi connectivity index (χ1n) is 5.55. The summed E-state index contributed by atoms with van der Waals surface area (Å²) in [6.45, 7) is 0.809. The SMILES string of the molecule is S=c1[nH]ccn1Cc1cccc2ccccc12. The average Bonchev–Trinajstić information content (AvgIpc) is 2.76. The molecule has 84 valence electrons. The summed E-state index contributed by atoms with van der Waals surface area (Å²) < 4.78 is 2.80. The number of nitrogens with one attached hydrogen (secondary N) is 1. The van der Waals surface area contributed by atoms with Gasteiger partial charge in [-0.2, -0.15) is 0 Å². The lowest BCUT2D eigenvalue weighted by Gasteiger charge is -2.07. The molecule has 0 spiro atoms. The van der Waals surface area contributed by atoms with E-state index in [9.17, 15) is 0 Å². The van der Waals surface area contributed by atoms with Gasteiger partial charge >= 0.3 is 0 Å². The first kappa shape index (κ1) is 10.3. The van der Waals surface area contributed by atoms with Crippen LogP contribution in [-0.2, 0) is 6.54 Å². The molecule has 3 rings (SSSR count). The summed E-state index contributed by atoms with van der Waals surface area (Å²) in [5, 5.41) is 2.56. The van der Waals surface area contributed by atoms with Crippen molar-refractivity contribution >= 4 is 23.0 Å². The van der Waals surface area contributed by atoms with Gasteiger partial charge < -0.3 is 9.55 Å². The van der Waals surface area contributed by atoms with Crippen LogP contribution in [0.25, 0.3) is 10.8 Å². The molecule has 1 aromatic heterocycles. The maximum Gasteiger partial charge on any atom is 0.177 e. The van der Waals surface area contributed by atoms with Gasteiger partial charge in [0.05, 0.1) is 6.54 Å². The summed E-state index contributed by atoms with van der Waals surface area (Å²) in [5.41, 5.74) is 1.29. The van der Waals surface area contributed by atoms with Crippen LogP contribution in [-0.4, -0.2) is 9.55 Å². The Morgan fingerprint density at radius 1 is 1.06 bits per heavy atom. The number of aromatic nitrogens is 2. The average molecular weight is 240 g/mol. The van der Waals surface area contributed by atoms with Crippen LogP contribution in [0.5, 0.6) is 0 Å². The van der Waals surface area contributed by atoms with Crippen molar-refractivity contribution in [2.75, 3.05) is 0 Å². The van der Waals surface area contributed by atoms with E-state index in [1.54, 1.807) is 0 Å². The number of rotatable bonds is 2. The van der Waals surface area contributed by atoms with E-state index in [1.807, 2.05) is 17.0 Å². The Morgan fingerprint density at radius 3 is 2.71 bits per heavy atom. The van der Waals surface area contributed by atoms with Crippen LogP contribution in [0.3, 0.4) is 0 Å². The van der Waals surface area contributed by atoms with Crippen LogP contribution in [0.2, 0.25) is 0 Å². The molecule has 0 unspecified atom stereocenters. The van der Waals surface area contributed by atoms with Crippen LogP contribution >= 0.6 is 12.2 Å². The van der Waals surface area contributed by atoms with Gasteiger partial charge in [0.25, 0.3) is 0 Å². The van der Waals surface area contributed by atoms with Crippen molar-refractivity contribution < 1.29 is 0 Å². The molecule has 0 radical (unpaired) electrons. The lowest BCUT2D eigenvalue weighted by molar-refractivity contribution is 0.789. The molecule has 17 heavy (non-hydrogen) atoms. The minimum absolute atomic E-state index is 0.762. The molecular formula is C14H12N2S. The van der Waals surface area contributed by atoms with E-state index in [1.165, 1.54) is 16.3 Å². The summed E-state index contributed by atoms with van der Waals surface area (Å²) in [6.07, 6.45) is 3.84. The fourth-order valence-electron chi connectivity index (χ4n) is 2.09. The van der Waals surface area contributed by atoms with Crippen molar-refractivity contribution in [1.82, 2.24) is 9.55 Å². The van der Waals surface area contributed by atoms with Crippen molar-refractivity contribution in [3.8, 4) is 0 Å². The Morgan fingerprint density at radius 2 is 1.88 bits per heavy atom. The standard InChI is InChI=1S/C14H12N2S/c17-14-15-8-9-16(14)10-12-6-3-5-11-4-1-2-7-13(11)12/h1-9H,10H2,(H,15,17). The van der Waals surface area contributed by atoms with Gasteiger partial charge in [-0.1, -0.05) is 42.5 Å². The number of H-pyrrole nitrogens is 1. The van der Waals surface area contributed by atoms with E-state index < -0.39 is 0 Å². The van der Waals surface area contributed by atoms with Gasteiger partial charge in [-0.05, 0) is 28.6 Å². The summed E-state index contributed by atoms with van der Waals surface area (Å²) >= 11 is 5.21. The Kier molecular flexibility index (Phi) is 2.53. The number of hydrogen-bond donors (Lipinski definition) is 1. The van der Waals surface area contributed by atoms with Crippen molar-refractivity contribution in [2.45, 2.75) is 6.54 Å². The van der Waals surface area contributed by atoms with Crippen LogP contribution < -0.4 is 0 Å². The van der Waals surface area contributed by atoms with Gasteiger partial charge in [-0.25, -0.2) is 0 Å². The zero-order valence-electron chi connectivity index (χ0n) is 9.26. The molecule has 3 aromatic rings. The zero-order valence-corrected chi connectivity index (χ0v) is 10.1. The first-order chi connectivity index (χ1) is 8.34. The second-order valence-electron chi connectivity index (χ2n) is 4.03. The maximum absolute atomic E-state index is 5.21. The predicted molar refractivity (Wildman–Crippen MR) is 72.7 cm³/mol. The van der Waals surface area contributed by atoms with Crippen molar-refractivity contribution in [2.24, 2.45) is 0 Å². The minimum Gasteiger partial charge on any atom is -0.337 e. The highest BCUT2D eigenvalue weighted by Gasteiger charge is 2.01. The fraction of sp³-hybridized carbons (Fsp3) is 0.0714. The predicted octanol–water partition coefficient (Wildman–Crippen LogP) is 3.75.